The Balaban J connectivity index is 1.72. The molecule has 2 heterocycles. The highest BCUT2D eigenvalue weighted by Crippen LogP contribution is 2.35. The van der Waals surface area contributed by atoms with Gasteiger partial charge in [0.1, 0.15) is 11.6 Å². The fourth-order valence-electron chi connectivity index (χ4n) is 2.56. The Morgan fingerprint density at radius 3 is 2.96 bits per heavy atom. The number of anilines is 2. The van der Waals surface area contributed by atoms with Crippen LogP contribution in [0.3, 0.4) is 0 Å². The molecule has 1 aromatic carbocycles. The first-order valence-corrected chi connectivity index (χ1v) is 8.45. The number of fused-ring (bicyclic) bond motifs is 1. The molecule has 0 fully saturated rings. The molecule has 8 heteroatoms. The van der Waals surface area contributed by atoms with Crippen molar-refractivity contribution in [2.24, 2.45) is 5.92 Å². The van der Waals surface area contributed by atoms with Gasteiger partial charge in [-0.2, -0.15) is 5.26 Å². The van der Waals surface area contributed by atoms with Gasteiger partial charge in [0.2, 0.25) is 11.8 Å². The molecule has 0 amide bonds. The van der Waals surface area contributed by atoms with Crippen LogP contribution in [0.25, 0.3) is 5.57 Å². The van der Waals surface area contributed by atoms with E-state index < -0.39 is 0 Å². The Bertz CT molecular complexity index is 893. The summed E-state index contributed by atoms with van der Waals surface area (Å²) in [5.74, 6) is 0.879. The van der Waals surface area contributed by atoms with Crippen molar-refractivity contribution >= 4 is 23.2 Å². The Morgan fingerprint density at radius 1 is 1.41 bits per heavy atom. The van der Waals surface area contributed by atoms with Gasteiger partial charge in [0.15, 0.2) is 5.75 Å². The van der Waals surface area contributed by atoms with Crippen LogP contribution in [-0.4, -0.2) is 29.6 Å². The quantitative estimate of drug-likeness (QED) is 0.594. The topological polar surface area (TPSA) is 109 Å². The third-order valence-corrected chi connectivity index (χ3v) is 4.06. The number of carbonyl (C=O) groups excluding carboxylic acids is 1. The van der Waals surface area contributed by atoms with Crippen LogP contribution in [0.1, 0.15) is 19.0 Å². The lowest BCUT2D eigenvalue weighted by Crippen LogP contribution is -2.17. The van der Waals surface area contributed by atoms with Crippen molar-refractivity contribution in [3.63, 3.8) is 0 Å². The molecule has 2 N–H and O–H groups in total. The summed E-state index contributed by atoms with van der Waals surface area (Å²) in [5, 5.41) is 15.7. The first kappa shape index (κ1) is 18.2. The molecule has 8 nitrogen and oxygen atoms in total. The number of rotatable bonds is 6. The maximum Gasteiger partial charge on any atom is 0.308 e. The summed E-state index contributed by atoms with van der Waals surface area (Å²) in [7, 11) is 1.37. The number of ether oxygens (including phenoxy) is 2. The normalized spacial score (nSPS) is 14.9. The molecule has 0 saturated carbocycles. The van der Waals surface area contributed by atoms with Gasteiger partial charge in [-0.25, -0.2) is 9.97 Å². The second-order valence-corrected chi connectivity index (χ2v) is 5.94. The third kappa shape index (κ3) is 4.15. The summed E-state index contributed by atoms with van der Waals surface area (Å²) >= 11 is 0. The highest BCUT2D eigenvalue weighted by atomic mass is 16.5. The van der Waals surface area contributed by atoms with Crippen LogP contribution in [0.15, 0.2) is 42.4 Å². The molecule has 0 spiro atoms. The van der Waals surface area contributed by atoms with Gasteiger partial charge < -0.3 is 20.1 Å². The molecule has 138 valence electrons. The molecule has 0 bridgehead atoms. The van der Waals surface area contributed by atoms with E-state index >= 15 is 0 Å². The number of allylic oxidation sites excluding steroid dienone is 1. The molecule has 2 aromatic rings. The van der Waals surface area contributed by atoms with Crippen molar-refractivity contribution in [1.82, 2.24) is 9.97 Å². The maximum atomic E-state index is 11.4. The van der Waals surface area contributed by atoms with Gasteiger partial charge in [-0.15, -0.1) is 0 Å². The van der Waals surface area contributed by atoms with Crippen molar-refractivity contribution in [1.29, 1.82) is 5.26 Å². The molecule has 1 aromatic heterocycles. The minimum absolute atomic E-state index is 0.225. The van der Waals surface area contributed by atoms with Gasteiger partial charge in [-0.05, 0) is 24.6 Å². The number of aromatic nitrogens is 2. The Kier molecular flexibility index (Phi) is 5.52. The fraction of sp³-hybridized carbons (Fsp3) is 0.263. The number of methoxy groups -OCH3 is 1. The van der Waals surface area contributed by atoms with Gasteiger partial charge in [0, 0.05) is 12.7 Å². The molecule has 3 rings (SSSR count). The van der Waals surface area contributed by atoms with Gasteiger partial charge in [0.05, 0.1) is 24.4 Å². The summed E-state index contributed by atoms with van der Waals surface area (Å²) in [5.41, 5.74) is 1.51. The van der Waals surface area contributed by atoms with E-state index in [9.17, 15) is 10.1 Å². The SMILES string of the molecule is COC(=O)C(C)CCNc1nccc(C(C#N)=C2Nc3ccccc3O2)n1. The van der Waals surface area contributed by atoms with Crippen LogP contribution >= 0.6 is 0 Å². The molecule has 0 radical (unpaired) electrons. The molecule has 1 unspecified atom stereocenters. The molecule has 0 aliphatic carbocycles. The van der Waals surface area contributed by atoms with E-state index in [1.54, 1.807) is 19.2 Å². The molecular weight excluding hydrogens is 346 g/mol. The van der Waals surface area contributed by atoms with E-state index in [-0.39, 0.29) is 17.5 Å². The molecule has 0 saturated heterocycles. The molecule has 1 aliphatic heterocycles. The van der Waals surface area contributed by atoms with Crippen molar-refractivity contribution in [2.75, 3.05) is 24.3 Å². The molecule has 1 atom stereocenters. The molecular formula is C19H19N5O3. The number of hydrogen-bond acceptors (Lipinski definition) is 8. The lowest BCUT2D eigenvalue weighted by molar-refractivity contribution is -0.144. The smallest absolute Gasteiger partial charge is 0.308 e. The maximum absolute atomic E-state index is 11.4. The number of para-hydroxylation sites is 2. The summed E-state index contributed by atoms with van der Waals surface area (Å²) in [6.45, 7) is 2.29. The Morgan fingerprint density at radius 2 is 2.22 bits per heavy atom. The number of carbonyl (C=O) groups is 1. The Labute approximate surface area is 156 Å². The zero-order valence-corrected chi connectivity index (χ0v) is 15.0. The third-order valence-electron chi connectivity index (χ3n) is 4.06. The largest absolute Gasteiger partial charge is 0.469 e. The van der Waals surface area contributed by atoms with E-state index in [0.717, 1.165) is 5.69 Å². The van der Waals surface area contributed by atoms with E-state index in [0.29, 0.717) is 36.2 Å². The van der Waals surface area contributed by atoms with Crippen LogP contribution in [0, 0.1) is 17.2 Å². The summed E-state index contributed by atoms with van der Waals surface area (Å²) in [6, 6.07) is 11.2. The van der Waals surface area contributed by atoms with Gasteiger partial charge in [-0.1, -0.05) is 19.1 Å². The lowest BCUT2D eigenvalue weighted by atomic mass is 10.1. The zero-order valence-electron chi connectivity index (χ0n) is 15.0. The fourth-order valence-corrected chi connectivity index (χ4v) is 2.56. The van der Waals surface area contributed by atoms with Gasteiger partial charge >= 0.3 is 5.97 Å². The minimum atomic E-state index is -0.257. The van der Waals surface area contributed by atoms with Crippen molar-refractivity contribution in [3.8, 4) is 11.8 Å². The van der Waals surface area contributed by atoms with Crippen LogP contribution in [0.5, 0.6) is 5.75 Å². The summed E-state index contributed by atoms with van der Waals surface area (Å²) in [4.78, 5) is 20.0. The van der Waals surface area contributed by atoms with E-state index in [1.165, 1.54) is 7.11 Å². The van der Waals surface area contributed by atoms with Crippen molar-refractivity contribution < 1.29 is 14.3 Å². The van der Waals surface area contributed by atoms with Crippen LogP contribution in [0.2, 0.25) is 0 Å². The lowest BCUT2D eigenvalue weighted by Gasteiger charge is -2.10. The van der Waals surface area contributed by atoms with Crippen LogP contribution in [-0.2, 0) is 9.53 Å². The predicted octanol–water partition coefficient (Wildman–Crippen LogP) is 2.78. The van der Waals surface area contributed by atoms with E-state index in [2.05, 4.69) is 26.7 Å². The standard InChI is InChI=1S/C19H19N5O3/c1-12(18(25)26-2)7-9-21-19-22-10-8-14(24-19)13(11-20)17-23-15-5-3-4-6-16(15)27-17/h3-6,8,10,12,23H,7,9H2,1-2H3,(H,21,22,24). The van der Waals surface area contributed by atoms with Gasteiger partial charge in [0.25, 0.3) is 0 Å². The number of hydrogen-bond donors (Lipinski definition) is 2. The average Bonchev–Trinajstić information content (AvgIpc) is 3.12. The number of nitriles is 1. The van der Waals surface area contributed by atoms with Crippen molar-refractivity contribution in [2.45, 2.75) is 13.3 Å². The highest BCUT2D eigenvalue weighted by Gasteiger charge is 2.22. The second kappa shape index (κ2) is 8.19. The number of esters is 1. The monoisotopic (exact) mass is 365 g/mol. The molecule has 1 aliphatic rings. The second-order valence-electron chi connectivity index (χ2n) is 5.94. The highest BCUT2D eigenvalue weighted by molar-refractivity contribution is 5.81. The van der Waals surface area contributed by atoms with E-state index in [4.69, 9.17) is 9.47 Å². The van der Waals surface area contributed by atoms with Crippen LogP contribution < -0.4 is 15.4 Å². The Hall–Kier alpha value is -3.60. The first-order chi connectivity index (χ1) is 13.1. The van der Waals surface area contributed by atoms with Crippen molar-refractivity contribution in [3.05, 3.63) is 48.1 Å². The summed E-state index contributed by atoms with van der Waals surface area (Å²) < 4.78 is 10.4. The molecule has 27 heavy (non-hydrogen) atoms. The number of nitrogens with one attached hydrogen (secondary N) is 2. The minimum Gasteiger partial charge on any atom is -0.469 e. The van der Waals surface area contributed by atoms with E-state index in [1.807, 2.05) is 24.3 Å². The predicted molar refractivity (Wildman–Crippen MR) is 99.5 cm³/mol. The number of benzene rings is 1. The summed E-state index contributed by atoms with van der Waals surface area (Å²) in [6.07, 6.45) is 2.14. The zero-order chi connectivity index (χ0) is 19.2. The first-order valence-electron chi connectivity index (χ1n) is 8.45. The van der Waals surface area contributed by atoms with Crippen LogP contribution in [0.4, 0.5) is 11.6 Å². The average molecular weight is 365 g/mol. The van der Waals surface area contributed by atoms with Gasteiger partial charge in [-0.3, -0.25) is 4.79 Å². The number of nitrogens with zero attached hydrogens (tertiary/aromatic N) is 3.